The maximum absolute atomic E-state index is 5.48. The molecule has 98 valence electrons. The van der Waals surface area contributed by atoms with Gasteiger partial charge in [-0.2, -0.15) is 5.06 Å². The third-order valence-electron chi connectivity index (χ3n) is 2.93. The molecule has 0 N–H and O–H groups in total. The van der Waals surface area contributed by atoms with Gasteiger partial charge in [0.2, 0.25) is 0 Å². The second-order valence-corrected chi connectivity index (χ2v) is 4.41. The Morgan fingerprint density at radius 2 is 1.31 bits per heavy atom. The summed E-state index contributed by atoms with van der Waals surface area (Å²) in [5, 5.41) is 2.08. The summed E-state index contributed by atoms with van der Waals surface area (Å²) in [7, 11) is 0. The van der Waals surface area contributed by atoms with Gasteiger partial charge in [0.05, 0.1) is 6.61 Å². The molecule has 0 saturated heterocycles. The fourth-order valence-corrected chi connectivity index (χ4v) is 1.92. The van der Waals surface area contributed by atoms with Gasteiger partial charge in [-0.25, -0.2) is 0 Å². The lowest BCUT2D eigenvalue weighted by Gasteiger charge is -2.18. The molecule has 0 heterocycles. The lowest BCUT2D eigenvalue weighted by molar-refractivity contribution is -0.151. The molecular weight excluding hydrogens is 198 g/mol. The predicted molar refractivity (Wildman–Crippen MR) is 71.5 cm³/mol. The zero-order valence-electron chi connectivity index (χ0n) is 11.6. The highest BCUT2D eigenvalue weighted by atomic mass is 16.7. The first kappa shape index (κ1) is 15.9. The van der Waals surface area contributed by atoms with Crippen molar-refractivity contribution in [1.82, 2.24) is 5.06 Å². The molecule has 0 atom stereocenters. The number of nitrogens with zero attached hydrogens (tertiary/aromatic N) is 1. The van der Waals surface area contributed by atoms with Crippen molar-refractivity contribution in [1.29, 1.82) is 0 Å². The third kappa shape index (κ3) is 10.4. The Bertz CT molecular complexity index is 128. The van der Waals surface area contributed by atoms with Crippen molar-refractivity contribution >= 4 is 0 Å². The Labute approximate surface area is 102 Å². The van der Waals surface area contributed by atoms with Gasteiger partial charge in [-0.05, 0) is 13.3 Å². The van der Waals surface area contributed by atoms with Gasteiger partial charge < -0.3 is 0 Å². The zero-order valence-corrected chi connectivity index (χ0v) is 11.6. The molecule has 0 aromatic heterocycles. The van der Waals surface area contributed by atoms with Crippen molar-refractivity contribution in [3.63, 3.8) is 0 Å². The molecule has 0 aliphatic rings. The van der Waals surface area contributed by atoms with Gasteiger partial charge in [-0.1, -0.05) is 58.8 Å². The summed E-state index contributed by atoms with van der Waals surface area (Å²) in [6.07, 6.45) is 11.1. The molecule has 0 rings (SSSR count). The van der Waals surface area contributed by atoms with E-state index < -0.39 is 0 Å². The van der Waals surface area contributed by atoms with Crippen LogP contribution in [0.15, 0.2) is 0 Å². The van der Waals surface area contributed by atoms with E-state index in [1.165, 1.54) is 51.4 Å². The summed E-state index contributed by atoms with van der Waals surface area (Å²) in [4.78, 5) is 5.48. The molecule has 0 amide bonds. The Balaban J connectivity index is 3.12. The Morgan fingerprint density at radius 1 is 0.750 bits per heavy atom. The lowest BCUT2D eigenvalue weighted by atomic mass is 10.1. The largest absolute Gasteiger partial charge is 0.299 e. The van der Waals surface area contributed by atoms with Crippen molar-refractivity contribution in [2.24, 2.45) is 0 Å². The van der Waals surface area contributed by atoms with Gasteiger partial charge in [0, 0.05) is 13.1 Å². The highest BCUT2D eigenvalue weighted by Gasteiger charge is 2.00. The van der Waals surface area contributed by atoms with Crippen LogP contribution in [-0.4, -0.2) is 24.8 Å². The van der Waals surface area contributed by atoms with E-state index in [1.807, 2.05) is 0 Å². The smallest absolute Gasteiger partial charge is 0.0656 e. The first-order valence-electron chi connectivity index (χ1n) is 7.23. The molecule has 0 aliphatic carbocycles. The van der Waals surface area contributed by atoms with Crippen molar-refractivity contribution in [3.05, 3.63) is 0 Å². The quantitative estimate of drug-likeness (QED) is 0.363. The van der Waals surface area contributed by atoms with E-state index in [1.54, 1.807) is 0 Å². The van der Waals surface area contributed by atoms with Crippen LogP contribution in [-0.2, 0) is 4.84 Å². The van der Waals surface area contributed by atoms with Crippen LogP contribution in [0.5, 0.6) is 0 Å². The summed E-state index contributed by atoms with van der Waals surface area (Å²) in [5.74, 6) is 0. The zero-order chi connectivity index (χ0) is 12.1. The van der Waals surface area contributed by atoms with Crippen molar-refractivity contribution < 1.29 is 4.84 Å². The van der Waals surface area contributed by atoms with Gasteiger partial charge in [-0.15, -0.1) is 0 Å². The van der Waals surface area contributed by atoms with Crippen LogP contribution in [0.4, 0.5) is 0 Å². The SMILES string of the molecule is CCCCCCCCCCN(CC)OCC. The van der Waals surface area contributed by atoms with E-state index in [-0.39, 0.29) is 0 Å². The van der Waals surface area contributed by atoms with Crippen molar-refractivity contribution in [2.75, 3.05) is 19.7 Å². The molecule has 0 spiro atoms. The molecule has 0 aromatic carbocycles. The number of rotatable bonds is 12. The molecule has 0 saturated carbocycles. The molecule has 0 bridgehead atoms. The maximum atomic E-state index is 5.48. The van der Waals surface area contributed by atoms with Crippen LogP contribution in [0.25, 0.3) is 0 Å². The Hall–Kier alpha value is -0.0800. The normalized spacial score (nSPS) is 11.2. The Morgan fingerprint density at radius 3 is 1.81 bits per heavy atom. The minimum atomic E-state index is 0.796. The second kappa shape index (κ2) is 13.0. The summed E-state index contributed by atoms with van der Waals surface area (Å²) < 4.78 is 0. The lowest BCUT2D eigenvalue weighted by Crippen LogP contribution is -2.24. The average molecular weight is 229 g/mol. The second-order valence-electron chi connectivity index (χ2n) is 4.41. The molecule has 2 heteroatoms. The van der Waals surface area contributed by atoms with Gasteiger partial charge >= 0.3 is 0 Å². The number of hydroxylamine groups is 2. The summed E-state index contributed by atoms with van der Waals surface area (Å²) in [6, 6.07) is 0. The van der Waals surface area contributed by atoms with E-state index in [2.05, 4.69) is 25.8 Å². The van der Waals surface area contributed by atoms with Gasteiger partial charge in [0.1, 0.15) is 0 Å². The van der Waals surface area contributed by atoms with Crippen LogP contribution in [0, 0.1) is 0 Å². The van der Waals surface area contributed by atoms with E-state index >= 15 is 0 Å². The van der Waals surface area contributed by atoms with Crippen molar-refractivity contribution in [2.45, 2.75) is 72.1 Å². The van der Waals surface area contributed by atoms with Crippen LogP contribution in [0.1, 0.15) is 72.1 Å². The number of hydrogen-bond acceptors (Lipinski definition) is 2. The molecule has 0 radical (unpaired) electrons. The van der Waals surface area contributed by atoms with Gasteiger partial charge in [0.15, 0.2) is 0 Å². The molecule has 2 nitrogen and oxygen atoms in total. The Kier molecular flexibility index (Phi) is 12.9. The standard InChI is InChI=1S/C14H31NO/c1-4-7-8-9-10-11-12-13-14-15(5-2)16-6-3/h4-14H2,1-3H3. The van der Waals surface area contributed by atoms with E-state index in [9.17, 15) is 0 Å². The summed E-state index contributed by atoms with van der Waals surface area (Å²) in [5.41, 5.74) is 0. The van der Waals surface area contributed by atoms with Gasteiger partial charge in [-0.3, -0.25) is 4.84 Å². The fourth-order valence-electron chi connectivity index (χ4n) is 1.92. The molecule has 0 unspecified atom stereocenters. The molecule has 0 aromatic rings. The monoisotopic (exact) mass is 229 g/mol. The van der Waals surface area contributed by atoms with E-state index in [0.29, 0.717) is 0 Å². The van der Waals surface area contributed by atoms with Crippen LogP contribution in [0.3, 0.4) is 0 Å². The molecule has 0 aliphatic heterocycles. The summed E-state index contributed by atoms with van der Waals surface area (Å²) >= 11 is 0. The minimum absolute atomic E-state index is 0.796. The topological polar surface area (TPSA) is 12.5 Å². The predicted octanol–water partition coefficient (Wildman–Crippen LogP) is 4.40. The van der Waals surface area contributed by atoms with E-state index in [4.69, 9.17) is 4.84 Å². The molecule has 16 heavy (non-hydrogen) atoms. The number of unbranched alkanes of at least 4 members (excludes halogenated alkanes) is 7. The minimum Gasteiger partial charge on any atom is -0.299 e. The fraction of sp³-hybridized carbons (Fsp3) is 1.00. The molecule has 0 fully saturated rings. The first-order chi connectivity index (χ1) is 7.85. The maximum Gasteiger partial charge on any atom is 0.0656 e. The highest BCUT2D eigenvalue weighted by Crippen LogP contribution is 2.08. The van der Waals surface area contributed by atoms with Crippen LogP contribution in [0.2, 0.25) is 0 Å². The van der Waals surface area contributed by atoms with Gasteiger partial charge in [0.25, 0.3) is 0 Å². The number of hydrogen-bond donors (Lipinski definition) is 0. The first-order valence-corrected chi connectivity index (χ1v) is 7.23. The molecular formula is C14H31NO. The average Bonchev–Trinajstić information content (AvgIpc) is 2.31. The van der Waals surface area contributed by atoms with Crippen molar-refractivity contribution in [3.8, 4) is 0 Å². The third-order valence-corrected chi connectivity index (χ3v) is 2.93. The van der Waals surface area contributed by atoms with Crippen LogP contribution < -0.4 is 0 Å². The van der Waals surface area contributed by atoms with E-state index in [0.717, 1.165) is 19.7 Å². The highest BCUT2D eigenvalue weighted by molar-refractivity contribution is 4.48. The summed E-state index contributed by atoms with van der Waals surface area (Å²) in [6.45, 7) is 9.37. The van der Waals surface area contributed by atoms with Crippen LogP contribution >= 0.6 is 0 Å².